The molecule has 0 aliphatic heterocycles. The second-order valence-electron chi connectivity index (χ2n) is 5.65. The summed E-state index contributed by atoms with van der Waals surface area (Å²) in [6.45, 7) is 0. The first-order chi connectivity index (χ1) is 12.8. The molecular weight excluding hydrogens is 342 g/mol. The number of carbonyl (C=O) groups excluding carboxylic acids is 1. The van der Waals surface area contributed by atoms with Crippen LogP contribution in [0.1, 0.15) is 10.4 Å². The van der Waals surface area contributed by atoms with Crippen LogP contribution in [-0.4, -0.2) is 10.1 Å². The molecule has 1 heterocycles. The van der Waals surface area contributed by atoms with Crippen LogP contribution in [0.15, 0.2) is 101 Å². The van der Waals surface area contributed by atoms with E-state index in [4.69, 9.17) is 4.42 Å². The summed E-state index contributed by atoms with van der Waals surface area (Å²) in [7, 11) is 0. The number of hydrogen-bond acceptors (Lipinski definition) is 4. The van der Waals surface area contributed by atoms with Crippen molar-refractivity contribution in [2.24, 2.45) is 0 Å². The standard InChI is InChI=1S/C22H15NO2S/c24-21(18-14-8-3-9-15-18)26-22-23-19(16-10-4-1-5-11-16)20(25-22)17-12-6-2-7-13-17/h1-15H. The maximum absolute atomic E-state index is 12.5. The predicted octanol–water partition coefficient (Wildman–Crippen LogP) is 5.94. The Morgan fingerprint density at radius 1 is 0.731 bits per heavy atom. The topological polar surface area (TPSA) is 43.1 Å². The van der Waals surface area contributed by atoms with Gasteiger partial charge in [0.05, 0.1) is 0 Å². The highest BCUT2D eigenvalue weighted by Gasteiger charge is 2.19. The number of oxazole rings is 1. The van der Waals surface area contributed by atoms with Crippen molar-refractivity contribution >= 4 is 16.9 Å². The zero-order chi connectivity index (χ0) is 17.8. The van der Waals surface area contributed by atoms with Gasteiger partial charge in [-0.05, 0) is 0 Å². The third kappa shape index (κ3) is 3.46. The summed E-state index contributed by atoms with van der Waals surface area (Å²) in [5, 5.41) is 0.252. The van der Waals surface area contributed by atoms with Crippen LogP contribution >= 0.6 is 11.8 Å². The fourth-order valence-corrected chi connectivity index (χ4v) is 3.31. The highest BCUT2D eigenvalue weighted by Crippen LogP contribution is 2.36. The molecule has 4 heteroatoms. The summed E-state index contributed by atoms with van der Waals surface area (Å²) in [6.07, 6.45) is 0. The van der Waals surface area contributed by atoms with Crippen LogP contribution in [0.4, 0.5) is 0 Å². The predicted molar refractivity (Wildman–Crippen MR) is 104 cm³/mol. The number of carbonyl (C=O) groups is 1. The van der Waals surface area contributed by atoms with Crippen molar-refractivity contribution in [3.05, 3.63) is 96.6 Å². The van der Waals surface area contributed by atoms with Gasteiger partial charge in [0.15, 0.2) is 5.76 Å². The molecule has 0 unspecified atom stereocenters. The largest absolute Gasteiger partial charge is 0.430 e. The van der Waals surface area contributed by atoms with Gasteiger partial charge in [0.2, 0.25) is 5.12 Å². The molecule has 4 aromatic rings. The van der Waals surface area contributed by atoms with Gasteiger partial charge in [-0.1, -0.05) is 91.0 Å². The summed E-state index contributed by atoms with van der Waals surface area (Å²) in [6, 6.07) is 28.8. The van der Waals surface area contributed by atoms with E-state index < -0.39 is 0 Å². The van der Waals surface area contributed by atoms with Gasteiger partial charge in [-0.25, -0.2) is 4.98 Å². The molecule has 0 radical (unpaired) electrons. The van der Waals surface area contributed by atoms with Crippen LogP contribution in [0.5, 0.6) is 0 Å². The maximum atomic E-state index is 12.5. The summed E-state index contributed by atoms with van der Waals surface area (Å²) >= 11 is 1.00. The van der Waals surface area contributed by atoms with Gasteiger partial charge in [-0.15, -0.1) is 0 Å². The van der Waals surface area contributed by atoms with E-state index in [-0.39, 0.29) is 5.12 Å². The summed E-state index contributed by atoms with van der Waals surface area (Å²) in [5.74, 6) is 0.667. The molecular formula is C22H15NO2S. The third-order valence-corrected chi connectivity index (χ3v) is 4.65. The van der Waals surface area contributed by atoms with Gasteiger partial charge in [-0.3, -0.25) is 4.79 Å². The summed E-state index contributed by atoms with van der Waals surface area (Å²) < 4.78 is 5.98. The van der Waals surface area contributed by atoms with Gasteiger partial charge in [-0.2, -0.15) is 0 Å². The normalized spacial score (nSPS) is 10.6. The molecule has 0 aliphatic rings. The molecule has 3 nitrogen and oxygen atoms in total. The van der Waals surface area contributed by atoms with Crippen molar-refractivity contribution in [1.29, 1.82) is 0 Å². The lowest BCUT2D eigenvalue weighted by atomic mass is 10.1. The molecule has 0 aliphatic carbocycles. The number of nitrogens with zero attached hydrogens (tertiary/aromatic N) is 1. The quantitative estimate of drug-likeness (QED) is 0.424. The maximum Gasteiger partial charge on any atom is 0.264 e. The zero-order valence-corrected chi connectivity index (χ0v) is 14.6. The lowest BCUT2D eigenvalue weighted by molar-refractivity contribution is 0.108. The molecule has 0 N–H and O–H groups in total. The summed E-state index contributed by atoms with van der Waals surface area (Å²) in [5.41, 5.74) is 3.24. The second-order valence-corrected chi connectivity index (χ2v) is 6.57. The van der Waals surface area contributed by atoms with E-state index in [1.807, 2.05) is 78.9 Å². The van der Waals surface area contributed by atoms with Crippen molar-refractivity contribution in [2.45, 2.75) is 5.22 Å². The van der Waals surface area contributed by atoms with E-state index in [0.717, 1.165) is 28.6 Å². The van der Waals surface area contributed by atoms with E-state index in [0.29, 0.717) is 16.5 Å². The first-order valence-corrected chi connectivity index (χ1v) is 9.02. The van der Waals surface area contributed by atoms with Gasteiger partial charge in [0.1, 0.15) is 5.69 Å². The average Bonchev–Trinajstić information content (AvgIpc) is 3.14. The van der Waals surface area contributed by atoms with Gasteiger partial charge in [0, 0.05) is 28.5 Å². The van der Waals surface area contributed by atoms with Crippen molar-refractivity contribution in [3.8, 4) is 22.6 Å². The van der Waals surface area contributed by atoms with E-state index in [2.05, 4.69) is 4.98 Å². The average molecular weight is 357 g/mol. The number of thioether (sulfide) groups is 1. The van der Waals surface area contributed by atoms with Crippen LogP contribution in [0.25, 0.3) is 22.6 Å². The minimum absolute atomic E-state index is 0.0916. The minimum atomic E-state index is -0.0916. The minimum Gasteiger partial charge on any atom is -0.430 e. The molecule has 0 saturated heterocycles. The van der Waals surface area contributed by atoms with Gasteiger partial charge in [0.25, 0.3) is 5.22 Å². The zero-order valence-electron chi connectivity index (χ0n) is 13.8. The Labute approximate surface area is 155 Å². The Morgan fingerprint density at radius 3 is 1.88 bits per heavy atom. The van der Waals surface area contributed by atoms with Gasteiger partial charge >= 0.3 is 0 Å². The Morgan fingerprint density at radius 2 is 1.27 bits per heavy atom. The second kappa shape index (κ2) is 7.42. The molecule has 126 valence electrons. The molecule has 0 bridgehead atoms. The third-order valence-electron chi connectivity index (χ3n) is 3.88. The van der Waals surface area contributed by atoms with Crippen molar-refractivity contribution in [2.75, 3.05) is 0 Å². The van der Waals surface area contributed by atoms with E-state index in [1.165, 1.54) is 0 Å². The molecule has 3 aromatic carbocycles. The summed E-state index contributed by atoms with van der Waals surface area (Å²) in [4.78, 5) is 17.1. The Hall–Kier alpha value is -3.11. The molecule has 26 heavy (non-hydrogen) atoms. The van der Waals surface area contributed by atoms with Crippen LogP contribution in [-0.2, 0) is 0 Å². The van der Waals surface area contributed by atoms with Crippen LogP contribution in [0.3, 0.4) is 0 Å². The van der Waals surface area contributed by atoms with Crippen LogP contribution in [0.2, 0.25) is 0 Å². The Balaban J connectivity index is 1.73. The first kappa shape index (κ1) is 16.4. The fourth-order valence-electron chi connectivity index (χ4n) is 2.63. The molecule has 0 saturated carbocycles. The highest BCUT2D eigenvalue weighted by atomic mass is 32.2. The van der Waals surface area contributed by atoms with Crippen molar-refractivity contribution in [1.82, 2.24) is 4.98 Å². The van der Waals surface area contributed by atoms with E-state index >= 15 is 0 Å². The van der Waals surface area contributed by atoms with E-state index in [1.54, 1.807) is 12.1 Å². The van der Waals surface area contributed by atoms with Crippen molar-refractivity contribution < 1.29 is 9.21 Å². The highest BCUT2D eigenvalue weighted by molar-refractivity contribution is 8.14. The Bertz CT molecular complexity index is 955. The number of rotatable bonds is 4. The Kier molecular flexibility index (Phi) is 4.67. The molecule has 0 amide bonds. The SMILES string of the molecule is O=C(Sc1nc(-c2ccccc2)c(-c2ccccc2)o1)c1ccccc1. The van der Waals surface area contributed by atoms with E-state index in [9.17, 15) is 4.79 Å². The number of benzene rings is 3. The number of aromatic nitrogens is 1. The van der Waals surface area contributed by atoms with Gasteiger partial charge < -0.3 is 4.42 Å². The molecule has 1 aromatic heterocycles. The first-order valence-electron chi connectivity index (χ1n) is 8.20. The van der Waals surface area contributed by atoms with Crippen LogP contribution < -0.4 is 0 Å². The monoisotopic (exact) mass is 357 g/mol. The molecule has 0 spiro atoms. The molecule has 0 fully saturated rings. The lowest BCUT2D eigenvalue weighted by Crippen LogP contribution is -1.92. The number of hydrogen-bond donors (Lipinski definition) is 0. The van der Waals surface area contributed by atoms with Crippen LogP contribution in [0, 0.1) is 0 Å². The lowest BCUT2D eigenvalue weighted by Gasteiger charge is -2.00. The smallest absolute Gasteiger partial charge is 0.264 e. The van der Waals surface area contributed by atoms with Crippen molar-refractivity contribution in [3.63, 3.8) is 0 Å². The fraction of sp³-hybridized carbons (Fsp3) is 0. The molecule has 0 atom stereocenters. The molecule has 4 rings (SSSR count).